The van der Waals surface area contributed by atoms with Gasteiger partial charge in [0.25, 0.3) is 5.92 Å². The van der Waals surface area contributed by atoms with Crippen molar-refractivity contribution >= 4 is 5.97 Å². The van der Waals surface area contributed by atoms with Crippen LogP contribution in [0.4, 0.5) is 8.78 Å². The molecule has 0 spiro atoms. The van der Waals surface area contributed by atoms with Crippen LogP contribution in [0.15, 0.2) is 0 Å². The summed E-state index contributed by atoms with van der Waals surface area (Å²) in [6, 6.07) is 0. The zero-order chi connectivity index (χ0) is 10.8. The van der Waals surface area contributed by atoms with E-state index in [4.69, 9.17) is 0 Å². The molecule has 4 bridgehead atoms. The number of aliphatic carboxylic acids is 1. The van der Waals surface area contributed by atoms with Crippen molar-refractivity contribution in [3.63, 3.8) is 0 Å². The van der Waals surface area contributed by atoms with Crippen molar-refractivity contribution in [2.75, 3.05) is 0 Å². The number of alkyl halides is 2. The summed E-state index contributed by atoms with van der Waals surface area (Å²) in [5, 5.41) is 11.1. The third kappa shape index (κ3) is 0.955. The van der Waals surface area contributed by atoms with Crippen molar-refractivity contribution in [2.45, 2.75) is 38.0 Å². The van der Waals surface area contributed by atoms with E-state index >= 15 is 0 Å². The van der Waals surface area contributed by atoms with Crippen molar-refractivity contribution in [1.29, 1.82) is 0 Å². The third-order valence-corrected chi connectivity index (χ3v) is 4.72. The largest absolute Gasteiger partial charge is 0.549 e. The first kappa shape index (κ1) is 9.55. The van der Waals surface area contributed by atoms with Gasteiger partial charge in [-0.05, 0) is 43.9 Å². The quantitative estimate of drug-likeness (QED) is 0.659. The van der Waals surface area contributed by atoms with Gasteiger partial charge in [-0.15, -0.1) is 0 Å². The van der Waals surface area contributed by atoms with Crippen LogP contribution >= 0.6 is 0 Å². The number of rotatable bonds is 1. The van der Waals surface area contributed by atoms with Crippen molar-refractivity contribution in [3.8, 4) is 0 Å². The minimum atomic E-state index is -3.04. The molecule has 2 atom stereocenters. The van der Waals surface area contributed by atoms with E-state index in [-0.39, 0.29) is 24.7 Å². The molecule has 0 heterocycles. The number of carboxylic acid groups (broad SMARTS) is 1. The van der Waals surface area contributed by atoms with E-state index < -0.39 is 23.2 Å². The van der Waals surface area contributed by atoms with Gasteiger partial charge in [0.15, 0.2) is 0 Å². The molecule has 84 valence electrons. The summed E-state index contributed by atoms with van der Waals surface area (Å²) >= 11 is 0. The van der Waals surface area contributed by atoms with Crippen LogP contribution in [-0.2, 0) is 4.79 Å². The Kier molecular flexibility index (Phi) is 1.61. The number of hydrogen-bond donors (Lipinski definition) is 0. The molecular weight excluding hydrogens is 202 g/mol. The molecule has 4 fully saturated rings. The Morgan fingerprint density at radius 3 is 2.13 bits per heavy atom. The van der Waals surface area contributed by atoms with E-state index in [0.29, 0.717) is 12.8 Å². The van der Waals surface area contributed by atoms with E-state index in [1.54, 1.807) is 0 Å². The predicted molar refractivity (Wildman–Crippen MR) is 45.9 cm³/mol. The number of carbonyl (C=O) groups is 1. The van der Waals surface area contributed by atoms with Crippen molar-refractivity contribution in [3.05, 3.63) is 0 Å². The highest BCUT2D eigenvalue weighted by molar-refractivity contribution is 5.75. The Morgan fingerprint density at radius 2 is 1.67 bits per heavy atom. The summed E-state index contributed by atoms with van der Waals surface area (Å²) in [4.78, 5) is 11.1. The second kappa shape index (κ2) is 2.53. The summed E-state index contributed by atoms with van der Waals surface area (Å²) in [7, 11) is 0. The lowest BCUT2D eigenvalue weighted by Crippen LogP contribution is -2.66. The molecule has 4 rings (SSSR count). The molecule has 0 aromatic carbocycles. The van der Waals surface area contributed by atoms with Gasteiger partial charge in [-0.25, -0.2) is 8.78 Å². The monoisotopic (exact) mass is 215 g/mol. The first-order valence-electron chi connectivity index (χ1n) is 5.55. The van der Waals surface area contributed by atoms with E-state index in [1.165, 1.54) is 0 Å². The minimum Gasteiger partial charge on any atom is -0.549 e. The molecule has 0 aromatic rings. The fourth-order valence-corrected chi connectivity index (χ4v) is 4.23. The van der Waals surface area contributed by atoms with Gasteiger partial charge in [0.2, 0.25) is 0 Å². The van der Waals surface area contributed by atoms with Gasteiger partial charge in [-0.2, -0.15) is 0 Å². The Hall–Kier alpha value is -0.670. The smallest absolute Gasteiger partial charge is 0.261 e. The zero-order valence-electron chi connectivity index (χ0n) is 8.34. The van der Waals surface area contributed by atoms with Crippen LogP contribution in [0.1, 0.15) is 32.1 Å². The molecule has 4 saturated carbocycles. The molecule has 0 amide bonds. The molecule has 0 aliphatic heterocycles. The first-order valence-corrected chi connectivity index (χ1v) is 5.55. The lowest BCUT2D eigenvalue weighted by atomic mass is 9.47. The molecule has 4 aliphatic carbocycles. The second-order valence-electron chi connectivity index (χ2n) is 5.54. The molecule has 0 saturated heterocycles. The van der Waals surface area contributed by atoms with Gasteiger partial charge in [0.05, 0.1) is 11.4 Å². The van der Waals surface area contributed by atoms with Gasteiger partial charge in [-0.3, -0.25) is 0 Å². The lowest BCUT2D eigenvalue weighted by molar-refractivity contribution is -0.352. The van der Waals surface area contributed by atoms with Gasteiger partial charge in [-0.1, -0.05) is 0 Å². The molecule has 2 nitrogen and oxygen atoms in total. The highest BCUT2D eigenvalue weighted by Crippen LogP contribution is 2.66. The SMILES string of the molecule is O=C([O-])C12C[C@H]3CC(C[C@@H](C3)C1)C2(F)F. The third-order valence-electron chi connectivity index (χ3n) is 4.72. The Balaban J connectivity index is 2.08. The average Bonchev–Trinajstić information content (AvgIpc) is 2.13. The lowest BCUT2D eigenvalue weighted by Gasteiger charge is -2.60. The average molecular weight is 215 g/mol. The van der Waals surface area contributed by atoms with E-state index in [0.717, 1.165) is 6.42 Å². The van der Waals surface area contributed by atoms with Crippen LogP contribution in [0.5, 0.6) is 0 Å². The highest BCUT2D eigenvalue weighted by Gasteiger charge is 2.68. The number of carbonyl (C=O) groups excluding carboxylic acids is 1. The highest BCUT2D eigenvalue weighted by atomic mass is 19.3. The Labute approximate surface area is 86.7 Å². The predicted octanol–water partition coefficient (Wildman–Crippen LogP) is 1.20. The van der Waals surface area contributed by atoms with E-state index in [1.807, 2.05) is 0 Å². The summed E-state index contributed by atoms with van der Waals surface area (Å²) in [6.45, 7) is 0. The second-order valence-corrected chi connectivity index (χ2v) is 5.54. The van der Waals surface area contributed by atoms with Crippen LogP contribution in [0.3, 0.4) is 0 Å². The molecule has 4 aliphatic rings. The molecule has 0 aromatic heterocycles. The first-order chi connectivity index (χ1) is 6.96. The zero-order valence-corrected chi connectivity index (χ0v) is 8.34. The molecule has 0 radical (unpaired) electrons. The molecule has 15 heavy (non-hydrogen) atoms. The van der Waals surface area contributed by atoms with Crippen LogP contribution in [0.25, 0.3) is 0 Å². The van der Waals surface area contributed by atoms with Crippen LogP contribution in [0.2, 0.25) is 0 Å². The number of carboxylic acids is 1. The maximum Gasteiger partial charge on any atom is 0.261 e. The van der Waals surface area contributed by atoms with Gasteiger partial charge < -0.3 is 9.90 Å². The van der Waals surface area contributed by atoms with Crippen molar-refractivity contribution in [2.24, 2.45) is 23.2 Å². The topological polar surface area (TPSA) is 40.1 Å². The summed E-state index contributed by atoms with van der Waals surface area (Å²) in [5.41, 5.74) is -1.83. The van der Waals surface area contributed by atoms with Gasteiger partial charge in [0, 0.05) is 5.92 Å². The van der Waals surface area contributed by atoms with Crippen LogP contribution < -0.4 is 5.11 Å². The Bertz CT molecular complexity index is 313. The van der Waals surface area contributed by atoms with Crippen LogP contribution in [-0.4, -0.2) is 11.9 Å². The Morgan fingerprint density at radius 1 is 1.13 bits per heavy atom. The van der Waals surface area contributed by atoms with Gasteiger partial charge in [0.1, 0.15) is 0 Å². The number of halogens is 2. The molecule has 0 N–H and O–H groups in total. The van der Waals surface area contributed by atoms with Crippen LogP contribution in [0, 0.1) is 23.2 Å². The molecule has 0 unspecified atom stereocenters. The minimum absolute atomic E-state index is 0.134. The van der Waals surface area contributed by atoms with Gasteiger partial charge >= 0.3 is 0 Å². The van der Waals surface area contributed by atoms with E-state index in [2.05, 4.69) is 0 Å². The molecular formula is C11H13F2O2-. The maximum absolute atomic E-state index is 14.0. The normalized spacial score (nSPS) is 50.7. The molecule has 4 heteroatoms. The van der Waals surface area contributed by atoms with Crippen molar-refractivity contribution < 1.29 is 18.7 Å². The summed E-state index contributed by atoms with van der Waals surface area (Å²) in [6.07, 6.45) is 2.24. The maximum atomic E-state index is 14.0. The van der Waals surface area contributed by atoms with E-state index in [9.17, 15) is 18.7 Å². The van der Waals surface area contributed by atoms with Crippen molar-refractivity contribution in [1.82, 2.24) is 0 Å². The fourth-order valence-electron chi connectivity index (χ4n) is 4.23. The summed E-state index contributed by atoms with van der Waals surface area (Å²) < 4.78 is 28.0. The fraction of sp³-hybridized carbons (Fsp3) is 0.909. The number of hydrogen-bond acceptors (Lipinski definition) is 2. The summed E-state index contributed by atoms with van der Waals surface area (Å²) in [5.74, 6) is -4.88. The standard InChI is InChI=1S/C11H14F2O2/c12-11(13)8-2-6-1-7(3-8)5-10(11,4-6)9(14)15/h6-8H,1-5H2,(H,14,15)/p-1/t6-,7-,8?,10?/m1/s1.